The van der Waals surface area contributed by atoms with Gasteiger partial charge in [0.15, 0.2) is 0 Å². The van der Waals surface area contributed by atoms with Crippen molar-refractivity contribution in [2.75, 3.05) is 0 Å². The molecule has 1 aromatic rings. The van der Waals surface area contributed by atoms with Gasteiger partial charge in [0.25, 0.3) is 0 Å². The zero-order valence-electron chi connectivity index (χ0n) is 8.25. The van der Waals surface area contributed by atoms with E-state index in [0.29, 0.717) is 5.69 Å². The molecule has 0 saturated heterocycles. The molecule has 0 aromatic carbocycles. The van der Waals surface area contributed by atoms with E-state index in [9.17, 15) is 9.90 Å². The second-order valence-corrected chi connectivity index (χ2v) is 3.58. The first-order chi connectivity index (χ1) is 5.41. The van der Waals surface area contributed by atoms with Crippen molar-refractivity contribution in [2.45, 2.75) is 26.2 Å². The van der Waals surface area contributed by atoms with E-state index >= 15 is 0 Å². The zero-order chi connectivity index (χ0) is 9.35. The van der Waals surface area contributed by atoms with Crippen LogP contribution >= 0.6 is 0 Å². The molecule has 0 N–H and O–H groups in total. The van der Waals surface area contributed by atoms with Gasteiger partial charge in [0.1, 0.15) is 12.2 Å². The summed E-state index contributed by atoms with van der Waals surface area (Å²) in [4.78, 5) is 14.0. The molecule has 4 nitrogen and oxygen atoms in total. The first kappa shape index (κ1) is 12.3. The summed E-state index contributed by atoms with van der Waals surface area (Å²) in [5, 5.41) is 10.3. The van der Waals surface area contributed by atoms with Crippen molar-refractivity contribution < 1.29 is 33.2 Å². The van der Waals surface area contributed by atoms with Gasteiger partial charge in [-0.3, -0.25) is 0 Å². The molecule has 1 heterocycles. The van der Waals surface area contributed by atoms with Crippen LogP contribution < -0.4 is 24.0 Å². The molecule has 5 heteroatoms. The standard InChI is InChI=1S/C8H11NO3.Li/c1-8(2,3)5-4-12-6(9-5)7(10)11;/h4H,1-3H3,(H,10,11);/q;+1/p-1. The Kier molecular flexibility index (Phi) is 3.77. The van der Waals surface area contributed by atoms with Crippen LogP contribution in [0.25, 0.3) is 0 Å². The number of aromatic carboxylic acids is 1. The Hall–Kier alpha value is -0.723. The van der Waals surface area contributed by atoms with Crippen LogP contribution in [0, 0.1) is 0 Å². The molecule has 0 radical (unpaired) electrons. The molecule has 0 fully saturated rings. The van der Waals surface area contributed by atoms with Crippen LogP contribution in [0.1, 0.15) is 37.2 Å². The van der Waals surface area contributed by atoms with E-state index in [-0.39, 0.29) is 30.2 Å². The van der Waals surface area contributed by atoms with E-state index in [1.807, 2.05) is 20.8 Å². The van der Waals surface area contributed by atoms with Crippen LogP contribution in [-0.2, 0) is 5.41 Å². The van der Waals surface area contributed by atoms with Crippen LogP contribution in [-0.4, -0.2) is 11.0 Å². The third-order valence-electron chi connectivity index (χ3n) is 1.45. The van der Waals surface area contributed by atoms with Crippen molar-refractivity contribution in [2.24, 2.45) is 0 Å². The quantitative estimate of drug-likeness (QED) is 0.437. The largest absolute Gasteiger partial charge is 1.00 e. The number of nitrogens with zero attached hydrogens (tertiary/aromatic N) is 1. The number of carboxylic acids is 1. The average Bonchev–Trinajstić information content (AvgIpc) is 2.30. The summed E-state index contributed by atoms with van der Waals surface area (Å²) in [6.07, 6.45) is 1.34. The Balaban J connectivity index is 0.00000144. The number of aromatic nitrogens is 1. The van der Waals surface area contributed by atoms with Gasteiger partial charge in [0.2, 0.25) is 5.89 Å². The van der Waals surface area contributed by atoms with Crippen molar-refractivity contribution in [3.8, 4) is 0 Å². The predicted octanol–water partition coefficient (Wildman–Crippen LogP) is -2.66. The van der Waals surface area contributed by atoms with Gasteiger partial charge in [0, 0.05) is 5.41 Å². The van der Waals surface area contributed by atoms with Crippen LogP contribution in [0.3, 0.4) is 0 Å². The fraction of sp³-hybridized carbons (Fsp3) is 0.500. The zero-order valence-corrected chi connectivity index (χ0v) is 8.25. The van der Waals surface area contributed by atoms with Crippen molar-refractivity contribution in [1.82, 2.24) is 4.98 Å². The fourth-order valence-electron chi connectivity index (χ4n) is 0.712. The smallest absolute Gasteiger partial charge is 0.540 e. The minimum Gasteiger partial charge on any atom is -0.540 e. The number of hydrogen-bond donors (Lipinski definition) is 0. The molecule has 0 amide bonds. The summed E-state index contributed by atoms with van der Waals surface area (Å²) >= 11 is 0. The van der Waals surface area contributed by atoms with Crippen molar-refractivity contribution in [1.29, 1.82) is 0 Å². The number of carboxylic acid groups (broad SMARTS) is 1. The fourth-order valence-corrected chi connectivity index (χ4v) is 0.712. The Bertz CT molecular complexity index is 301. The van der Waals surface area contributed by atoms with Gasteiger partial charge in [-0.05, 0) is 0 Å². The summed E-state index contributed by atoms with van der Waals surface area (Å²) in [6.45, 7) is 5.76. The number of rotatable bonds is 1. The molecule has 0 aliphatic rings. The molecule has 0 aliphatic carbocycles. The Morgan fingerprint density at radius 3 is 2.31 bits per heavy atom. The Morgan fingerprint density at radius 1 is 1.54 bits per heavy atom. The molecule has 0 atom stereocenters. The van der Waals surface area contributed by atoms with Crippen LogP contribution in [0.5, 0.6) is 0 Å². The van der Waals surface area contributed by atoms with Crippen molar-refractivity contribution >= 4 is 5.97 Å². The topological polar surface area (TPSA) is 66.2 Å². The molecule has 0 bridgehead atoms. The van der Waals surface area contributed by atoms with Gasteiger partial charge in [-0.1, -0.05) is 20.8 Å². The van der Waals surface area contributed by atoms with E-state index in [1.54, 1.807) is 0 Å². The molecule has 0 spiro atoms. The molecule has 0 aliphatic heterocycles. The van der Waals surface area contributed by atoms with Gasteiger partial charge in [-0.2, -0.15) is 0 Å². The molecular weight excluding hydrogens is 165 g/mol. The minimum atomic E-state index is -1.38. The first-order valence-corrected chi connectivity index (χ1v) is 3.58. The number of hydrogen-bond acceptors (Lipinski definition) is 4. The van der Waals surface area contributed by atoms with Crippen LogP contribution in [0.4, 0.5) is 0 Å². The maximum absolute atomic E-state index is 10.3. The Labute approximate surface area is 88.5 Å². The van der Waals surface area contributed by atoms with E-state index < -0.39 is 5.97 Å². The normalized spacial score (nSPS) is 10.7. The van der Waals surface area contributed by atoms with E-state index in [2.05, 4.69) is 9.40 Å². The minimum absolute atomic E-state index is 0. The maximum Gasteiger partial charge on any atom is 1.00 e. The average molecular weight is 175 g/mol. The van der Waals surface area contributed by atoms with E-state index in [0.717, 1.165) is 0 Å². The summed E-state index contributed by atoms with van der Waals surface area (Å²) in [7, 11) is 0. The second kappa shape index (κ2) is 3.99. The monoisotopic (exact) mass is 175 g/mol. The third-order valence-corrected chi connectivity index (χ3v) is 1.45. The van der Waals surface area contributed by atoms with Crippen LogP contribution in [0.2, 0.25) is 0 Å². The molecule has 1 rings (SSSR count). The molecule has 1 aromatic heterocycles. The van der Waals surface area contributed by atoms with Gasteiger partial charge in [-0.25, -0.2) is 4.98 Å². The first-order valence-electron chi connectivity index (χ1n) is 3.58. The van der Waals surface area contributed by atoms with Crippen molar-refractivity contribution in [3.63, 3.8) is 0 Å². The molecule has 0 saturated carbocycles. The van der Waals surface area contributed by atoms with Gasteiger partial charge in [0.05, 0.1) is 5.69 Å². The SMILES string of the molecule is CC(C)(C)c1coc(C(=O)[O-])n1.[Li+]. The molecule has 66 valence electrons. The second-order valence-electron chi connectivity index (χ2n) is 3.58. The van der Waals surface area contributed by atoms with E-state index in [1.165, 1.54) is 6.26 Å². The Morgan fingerprint density at radius 2 is 2.08 bits per heavy atom. The number of carbonyl (C=O) groups excluding carboxylic acids is 1. The molecular formula is C8H10LiNO3. The summed E-state index contributed by atoms with van der Waals surface area (Å²) in [5.41, 5.74) is 0.415. The van der Waals surface area contributed by atoms with Gasteiger partial charge in [-0.15, -0.1) is 0 Å². The summed E-state index contributed by atoms with van der Waals surface area (Å²) in [5.74, 6) is -1.74. The van der Waals surface area contributed by atoms with Gasteiger partial charge < -0.3 is 14.3 Å². The van der Waals surface area contributed by atoms with Gasteiger partial charge >= 0.3 is 18.9 Å². The van der Waals surface area contributed by atoms with Crippen molar-refractivity contribution in [3.05, 3.63) is 17.8 Å². The van der Waals surface area contributed by atoms with Crippen LogP contribution in [0.15, 0.2) is 10.7 Å². The summed E-state index contributed by atoms with van der Waals surface area (Å²) in [6, 6.07) is 0. The predicted molar refractivity (Wildman–Crippen MR) is 39.5 cm³/mol. The molecule has 13 heavy (non-hydrogen) atoms. The third kappa shape index (κ3) is 2.91. The number of oxazole rings is 1. The molecule has 0 unspecified atom stereocenters. The maximum atomic E-state index is 10.3. The van der Waals surface area contributed by atoms with E-state index in [4.69, 9.17) is 0 Å². The number of carbonyl (C=O) groups is 1. The summed E-state index contributed by atoms with van der Waals surface area (Å²) < 4.78 is 4.68.